The first-order chi connectivity index (χ1) is 18.2. The summed E-state index contributed by atoms with van der Waals surface area (Å²) in [6.45, 7) is 7.19. The average Bonchev–Trinajstić information content (AvgIpc) is 2.80. The zero-order valence-electron chi connectivity index (χ0n) is 21.9. The van der Waals surface area contributed by atoms with Crippen LogP contribution in [0, 0.1) is 11.6 Å². The highest BCUT2D eigenvalue weighted by Gasteiger charge is 2.38. The number of nitrogens with one attached hydrogen (secondary N) is 1. The van der Waals surface area contributed by atoms with E-state index in [-0.39, 0.29) is 39.5 Å². The fourth-order valence-electron chi connectivity index (χ4n) is 5.80. The van der Waals surface area contributed by atoms with Gasteiger partial charge in [0.25, 0.3) is 0 Å². The molecule has 3 heterocycles. The number of nitrogens with zero attached hydrogens (tertiary/aromatic N) is 5. The zero-order chi connectivity index (χ0) is 26.7. The highest BCUT2D eigenvalue weighted by atomic mass is 35.5. The molecule has 0 radical (unpaired) electrons. The number of halogens is 3. The van der Waals surface area contributed by atoms with Crippen LogP contribution in [-0.4, -0.2) is 77.4 Å². The third-order valence-corrected chi connectivity index (χ3v) is 8.80. The summed E-state index contributed by atoms with van der Waals surface area (Å²) in [5.41, 5.74) is -0.395. The van der Waals surface area contributed by atoms with Crippen LogP contribution >= 0.6 is 11.6 Å². The molecule has 10 heteroatoms. The van der Waals surface area contributed by atoms with Crippen molar-refractivity contribution in [2.45, 2.75) is 57.3 Å². The highest BCUT2D eigenvalue weighted by molar-refractivity contribution is 6.34. The third-order valence-electron chi connectivity index (χ3n) is 8.50. The lowest BCUT2D eigenvalue weighted by Gasteiger charge is -2.49. The van der Waals surface area contributed by atoms with Gasteiger partial charge in [-0.2, -0.15) is 4.98 Å². The van der Waals surface area contributed by atoms with Crippen LogP contribution in [0.25, 0.3) is 22.0 Å². The van der Waals surface area contributed by atoms with Gasteiger partial charge in [0.1, 0.15) is 22.9 Å². The number of benzene rings is 2. The number of piperazine rings is 1. The normalized spacial score (nSPS) is 22.7. The van der Waals surface area contributed by atoms with Gasteiger partial charge in [-0.15, -0.1) is 0 Å². The molecule has 2 aliphatic heterocycles. The molecular weight excluding hydrogens is 510 g/mol. The molecule has 1 saturated carbocycles. The van der Waals surface area contributed by atoms with Gasteiger partial charge in [0, 0.05) is 61.3 Å². The molecule has 0 unspecified atom stereocenters. The largest absolute Gasteiger partial charge is 0.507 e. The SMILES string of the molecule is C[C@@H]1CN(c2nc(N3CC(N(C)C4CCC4)C3)nc3c(F)c(-c4c(O)cccc4F)c(Cl)cc23)[C@@H](C)CN1. The summed E-state index contributed by atoms with van der Waals surface area (Å²) in [5, 5.41) is 14.3. The number of phenols is 1. The summed E-state index contributed by atoms with van der Waals surface area (Å²) in [6, 6.07) is 6.83. The number of hydrogen-bond donors (Lipinski definition) is 2. The van der Waals surface area contributed by atoms with Gasteiger partial charge in [0.2, 0.25) is 5.95 Å². The fourth-order valence-corrected chi connectivity index (χ4v) is 6.09. The molecule has 3 aliphatic rings. The van der Waals surface area contributed by atoms with E-state index in [1.165, 1.54) is 37.5 Å². The molecule has 0 spiro atoms. The van der Waals surface area contributed by atoms with Crippen molar-refractivity contribution < 1.29 is 13.9 Å². The number of phenolic OH excluding ortho intramolecular Hbond substituents is 1. The van der Waals surface area contributed by atoms with E-state index in [1.807, 2.05) is 0 Å². The molecule has 38 heavy (non-hydrogen) atoms. The molecule has 202 valence electrons. The number of anilines is 2. The summed E-state index contributed by atoms with van der Waals surface area (Å²) in [4.78, 5) is 16.3. The monoisotopic (exact) mass is 542 g/mol. The standard InChI is InChI=1S/C28H33ClF2N6O/c1-15-12-37(16(2)11-32-15)27-19-10-20(29)23(24-21(30)8-5-9-22(24)38)25(31)26(19)33-28(34-27)36-13-18(14-36)35(3)17-6-4-7-17/h5,8-10,15-18,32,38H,4,6-7,11-14H2,1-3H3/t15-,16+/m1/s1. The summed E-state index contributed by atoms with van der Waals surface area (Å²) in [6.07, 6.45) is 3.76. The smallest absolute Gasteiger partial charge is 0.228 e. The molecule has 7 nitrogen and oxygen atoms in total. The molecule has 3 fully saturated rings. The minimum atomic E-state index is -0.766. The Morgan fingerprint density at radius 3 is 2.53 bits per heavy atom. The van der Waals surface area contributed by atoms with Gasteiger partial charge in [-0.05, 0) is 51.9 Å². The van der Waals surface area contributed by atoms with Gasteiger partial charge in [-0.1, -0.05) is 24.1 Å². The van der Waals surface area contributed by atoms with Crippen molar-refractivity contribution in [3.05, 3.63) is 40.9 Å². The maximum Gasteiger partial charge on any atom is 0.228 e. The van der Waals surface area contributed by atoms with Gasteiger partial charge in [-0.25, -0.2) is 13.8 Å². The Hall–Kier alpha value is -2.75. The lowest BCUT2D eigenvalue weighted by Crippen LogP contribution is -2.62. The van der Waals surface area contributed by atoms with Crippen molar-refractivity contribution in [3.8, 4) is 16.9 Å². The summed E-state index contributed by atoms with van der Waals surface area (Å²) in [5.74, 6) is -0.833. The van der Waals surface area contributed by atoms with Crippen molar-refractivity contribution in [2.24, 2.45) is 0 Å². The second-order valence-corrected chi connectivity index (χ2v) is 11.5. The second-order valence-electron chi connectivity index (χ2n) is 11.0. The number of fused-ring (bicyclic) bond motifs is 1. The Kier molecular flexibility index (Phi) is 6.56. The highest BCUT2D eigenvalue weighted by Crippen LogP contribution is 2.43. The number of rotatable bonds is 5. The van der Waals surface area contributed by atoms with Crippen LogP contribution in [0.3, 0.4) is 0 Å². The summed E-state index contributed by atoms with van der Waals surface area (Å²) >= 11 is 6.59. The molecule has 3 aromatic rings. The lowest BCUT2D eigenvalue weighted by atomic mass is 9.90. The van der Waals surface area contributed by atoms with Gasteiger partial charge in [-0.3, -0.25) is 4.90 Å². The van der Waals surface area contributed by atoms with E-state index in [0.29, 0.717) is 35.8 Å². The van der Waals surface area contributed by atoms with E-state index in [2.05, 4.69) is 45.9 Å². The Labute approximate surface area is 226 Å². The van der Waals surface area contributed by atoms with Crippen LogP contribution < -0.4 is 15.1 Å². The predicted octanol–water partition coefficient (Wildman–Crippen LogP) is 4.79. The minimum Gasteiger partial charge on any atom is -0.507 e. The van der Waals surface area contributed by atoms with E-state index in [1.54, 1.807) is 6.07 Å². The molecule has 2 aromatic carbocycles. The van der Waals surface area contributed by atoms with E-state index < -0.39 is 11.6 Å². The van der Waals surface area contributed by atoms with Crippen LogP contribution in [0.4, 0.5) is 20.5 Å². The molecule has 2 atom stereocenters. The van der Waals surface area contributed by atoms with Crippen molar-refractivity contribution in [1.82, 2.24) is 20.2 Å². The summed E-state index contributed by atoms with van der Waals surface area (Å²) < 4.78 is 31.1. The van der Waals surface area contributed by atoms with E-state index in [4.69, 9.17) is 16.6 Å². The Balaban J connectivity index is 1.47. The van der Waals surface area contributed by atoms with Crippen molar-refractivity contribution >= 4 is 34.3 Å². The molecule has 2 N–H and O–H groups in total. The van der Waals surface area contributed by atoms with Crippen molar-refractivity contribution in [3.63, 3.8) is 0 Å². The van der Waals surface area contributed by atoms with E-state index >= 15 is 4.39 Å². The second kappa shape index (κ2) is 9.77. The van der Waals surface area contributed by atoms with E-state index in [9.17, 15) is 9.50 Å². The van der Waals surface area contributed by atoms with Crippen LogP contribution in [0.5, 0.6) is 5.75 Å². The Bertz CT molecular complexity index is 1360. The molecule has 1 aliphatic carbocycles. The fraction of sp³-hybridized carbons (Fsp3) is 0.500. The maximum atomic E-state index is 16.3. The van der Waals surface area contributed by atoms with Gasteiger partial charge < -0.3 is 20.2 Å². The Morgan fingerprint density at radius 1 is 1.08 bits per heavy atom. The first kappa shape index (κ1) is 25.5. The number of likely N-dealkylation sites (N-methyl/N-ethyl adjacent to an activating group) is 1. The van der Waals surface area contributed by atoms with Crippen molar-refractivity contribution in [1.29, 1.82) is 0 Å². The molecule has 0 amide bonds. The quantitative estimate of drug-likeness (QED) is 0.480. The number of hydrogen-bond acceptors (Lipinski definition) is 7. The van der Waals surface area contributed by atoms with Crippen molar-refractivity contribution in [2.75, 3.05) is 43.0 Å². The molecular formula is C28H33ClF2N6O. The minimum absolute atomic E-state index is 0.00465. The maximum absolute atomic E-state index is 16.3. The van der Waals surface area contributed by atoms with Crippen LogP contribution in [0.2, 0.25) is 5.02 Å². The molecule has 0 bridgehead atoms. The number of aromatic hydroxyl groups is 1. The van der Waals surface area contributed by atoms with Gasteiger partial charge >= 0.3 is 0 Å². The first-order valence-corrected chi connectivity index (χ1v) is 13.7. The number of aromatic nitrogens is 2. The van der Waals surface area contributed by atoms with Gasteiger partial charge in [0.15, 0.2) is 5.82 Å². The zero-order valence-corrected chi connectivity index (χ0v) is 22.6. The first-order valence-electron chi connectivity index (χ1n) is 13.4. The molecule has 2 saturated heterocycles. The predicted molar refractivity (Wildman–Crippen MR) is 147 cm³/mol. The van der Waals surface area contributed by atoms with Crippen LogP contribution in [-0.2, 0) is 0 Å². The van der Waals surface area contributed by atoms with Gasteiger partial charge in [0.05, 0.1) is 10.6 Å². The van der Waals surface area contributed by atoms with Crippen LogP contribution in [0.15, 0.2) is 24.3 Å². The average molecular weight is 543 g/mol. The Morgan fingerprint density at radius 2 is 1.84 bits per heavy atom. The van der Waals surface area contributed by atoms with E-state index in [0.717, 1.165) is 19.6 Å². The lowest BCUT2D eigenvalue weighted by molar-refractivity contribution is 0.0927. The topological polar surface area (TPSA) is 67.8 Å². The summed E-state index contributed by atoms with van der Waals surface area (Å²) in [7, 11) is 2.18. The van der Waals surface area contributed by atoms with Crippen LogP contribution in [0.1, 0.15) is 33.1 Å². The third kappa shape index (κ3) is 4.25. The molecule has 1 aromatic heterocycles. The molecule has 6 rings (SSSR count).